The topological polar surface area (TPSA) is 87.7 Å². The average Bonchev–Trinajstić information content (AvgIpc) is 2.37. The van der Waals surface area contributed by atoms with Gasteiger partial charge in [-0.25, -0.2) is 9.18 Å². The first-order valence-electron chi connectivity index (χ1n) is 6.02. The summed E-state index contributed by atoms with van der Waals surface area (Å²) in [5, 5.41) is 13.6. The van der Waals surface area contributed by atoms with Crippen LogP contribution in [0.2, 0.25) is 0 Å². The number of carboxylic acids is 1. The second-order valence-electron chi connectivity index (χ2n) is 4.38. The van der Waals surface area contributed by atoms with Gasteiger partial charge in [-0.1, -0.05) is 6.92 Å². The average molecular weight is 284 g/mol. The van der Waals surface area contributed by atoms with Crippen LogP contribution in [-0.2, 0) is 4.79 Å². The van der Waals surface area contributed by atoms with Crippen molar-refractivity contribution in [2.45, 2.75) is 13.3 Å². The number of amides is 2. The molecule has 1 atom stereocenters. The summed E-state index contributed by atoms with van der Waals surface area (Å²) in [5.41, 5.74) is 0.331. The Morgan fingerprint density at radius 3 is 2.75 bits per heavy atom. The number of carboxylic acid groups (broad SMARTS) is 1. The van der Waals surface area contributed by atoms with Crippen molar-refractivity contribution in [2.75, 3.05) is 19.0 Å². The van der Waals surface area contributed by atoms with Crippen LogP contribution < -0.4 is 15.4 Å². The van der Waals surface area contributed by atoms with Gasteiger partial charge in [-0.2, -0.15) is 0 Å². The van der Waals surface area contributed by atoms with Crippen LogP contribution >= 0.6 is 0 Å². The number of anilines is 1. The summed E-state index contributed by atoms with van der Waals surface area (Å²) in [7, 11) is 1.37. The Morgan fingerprint density at radius 2 is 2.15 bits per heavy atom. The quantitative estimate of drug-likeness (QED) is 0.746. The molecular weight excluding hydrogens is 267 g/mol. The molecule has 0 heterocycles. The molecule has 20 heavy (non-hydrogen) atoms. The number of methoxy groups -OCH3 is 1. The van der Waals surface area contributed by atoms with E-state index in [1.54, 1.807) is 6.92 Å². The van der Waals surface area contributed by atoms with Gasteiger partial charge >= 0.3 is 12.0 Å². The molecule has 0 saturated heterocycles. The van der Waals surface area contributed by atoms with E-state index in [2.05, 4.69) is 10.6 Å². The molecule has 6 nitrogen and oxygen atoms in total. The van der Waals surface area contributed by atoms with Gasteiger partial charge in [0.2, 0.25) is 0 Å². The van der Waals surface area contributed by atoms with Crippen molar-refractivity contribution >= 4 is 17.7 Å². The van der Waals surface area contributed by atoms with E-state index >= 15 is 0 Å². The third-order valence-electron chi connectivity index (χ3n) is 2.55. The Kier molecular flexibility index (Phi) is 5.76. The van der Waals surface area contributed by atoms with Gasteiger partial charge in [-0.15, -0.1) is 0 Å². The Labute approximate surface area is 115 Å². The van der Waals surface area contributed by atoms with Gasteiger partial charge in [-0.3, -0.25) is 4.79 Å². The minimum absolute atomic E-state index is 0.0276. The van der Waals surface area contributed by atoms with Crippen molar-refractivity contribution in [2.24, 2.45) is 5.92 Å². The van der Waals surface area contributed by atoms with Gasteiger partial charge in [0, 0.05) is 19.0 Å². The Bertz CT molecular complexity index is 493. The van der Waals surface area contributed by atoms with Gasteiger partial charge in [-0.05, 0) is 18.1 Å². The van der Waals surface area contributed by atoms with E-state index in [9.17, 15) is 14.0 Å². The number of benzene rings is 1. The lowest BCUT2D eigenvalue weighted by Gasteiger charge is -2.13. The third-order valence-corrected chi connectivity index (χ3v) is 2.55. The fourth-order valence-corrected chi connectivity index (χ4v) is 1.57. The number of hydrogen-bond acceptors (Lipinski definition) is 3. The molecule has 0 bridgehead atoms. The highest BCUT2D eigenvalue weighted by Gasteiger charge is 2.11. The van der Waals surface area contributed by atoms with Crippen LogP contribution in [-0.4, -0.2) is 30.8 Å². The van der Waals surface area contributed by atoms with E-state index < -0.39 is 17.8 Å². The van der Waals surface area contributed by atoms with E-state index in [0.29, 0.717) is 5.69 Å². The first-order valence-corrected chi connectivity index (χ1v) is 6.02. The molecule has 0 aliphatic heterocycles. The predicted octanol–water partition coefficient (Wildman–Crippen LogP) is 2.07. The molecule has 110 valence electrons. The van der Waals surface area contributed by atoms with Gasteiger partial charge < -0.3 is 20.5 Å². The highest BCUT2D eigenvalue weighted by atomic mass is 19.1. The van der Waals surface area contributed by atoms with Crippen molar-refractivity contribution in [3.8, 4) is 5.75 Å². The smallest absolute Gasteiger partial charge is 0.319 e. The van der Waals surface area contributed by atoms with Gasteiger partial charge in [0.05, 0.1) is 12.8 Å². The number of rotatable bonds is 6. The number of ether oxygens (including phenoxy) is 1. The summed E-state index contributed by atoms with van der Waals surface area (Å²) < 4.78 is 17.9. The summed E-state index contributed by atoms with van der Waals surface area (Å²) in [5.74, 6) is -1.37. The van der Waals surface area contributed by atoms with Crippen LogP contribution in [0, 0.1) is 11.7 Å². The normalized spacial score (nSPS) is 11.6. The number of urea groups is 1. The van der Waals surface area contributed by atoms with Gasteiger partial charge in [0.25, 0.3) is 0 Å². The summed E-state index contributed by atoms with van der Waals surface area (Å²) in [6.45, 7) is 1.94. The fraction of sp³-hybridized carbons (Fsp3) is 0.385. The number of aliphatic carboxylic acids is 1. The van der Waals surface area contributed by atoms with Crippen molar-refractivity contribution in [3.63, 3.8) is 0 Å². The fourth-order valence-electron chi connectivity index (χ4n) is 1.57. The second kappa shape index (κ2) is 7.32. The lowest BCUT2D eigenvalue weighted by atomic mass is 10.1. The zero-order valence-corrected chi connectivity index (χ0v) is 11.3. The molecule has 0 aliphatic carbocycles. The number of nitrogens with one attached hydrogen (secondary N) is 2. The molecule has 0 saturated carbocycles. The second-order valence-corrected chi connectivity index (χ2v) is 4.38. The molecule has 0 radical (unpaired) electrons. The number of hydrogen-bond donors (Lipinski definition) is 3. The third kappa shape index (κ3) is 5.13. The predicted molar refractivity (Wildman–Crippen MR) is 71.4 cm³/mol. The Morgan fingerprint density at radius 1 is 1.45 bits per heavy atom. The van der Waals surface area contributed by atoms with E-state index in [-0.39, 0.29) is 24.6 Å². The minimum atomic E-state index is -0.917. The first-order chi connectivity index (χ1) is 9.42. The number of halogens is 1. The van der Waals surface area contributed by atoms with Crippen LogP contribution in [0.4, 0.5) is 14.9 Å². The Hall–Kier alpha value is -2.31. The van der Waals surface area contributed by atoms with E-state index in [0.717, 1.165) is 6.07 Å². The van der Waals surface area contributed by atoms with Crippen molar-refractivity contribution in [1.82, 2.24) is 5.32 Å². The number of carbonyl (C=O) groups excluding carboxylic acids is 1. The van der Waals surface area contributed by atoms with E-state index in [1.807, 2.05) is 0 Å². The molecule has 0 aliphatic rings. The molecule has 1 aromatic carbocycles. The molecule has 1 aromatic rings. The minimum Gasteiger partial charge on any atom is -0.494 e. The van der Waals surface area contributed by atoms with Crippen LogP contribution in [0.5, 0.6) is 5.75 Å². The van der Waals surface area contributed by atoms with Crippen molar-refractivity contribution in [1.29, 1.82) is 0 Å². The molecule has 3 N–H and O–H groups in total. The lowest BCUT2D eigenvalue weighted by molar-refractivity contribution is -0.137. The maximum Gasteiger partial charge on any atom is 0.319 e. The highest BCUT2D eigenvalue weighted by molar-refractivity contribution is 5.90. The molecule has 1 rings (SSSR count). The monoisotopic (exact) mass is 284 g/mol. The molecule has 2 amide bonds. The first kappa shape index (κ1) is 15.7. The zero-order valence-electron chi connectivity index (χ0n) is 11.3. The zero-order chi connectivity index (χ0) is 15.1. The van der Waals surface area contributed by atoms with Crippen LogP contribution in [0.3, 0.4) is 0 Å². The summed E-state index contributed by atoms with van der Waals surface area (Å²) in [6.07, 6.45) is -0.0276. The largest absolute Gasteiger partial charge is 0.494 e. The summed E-state index contributed by atoms with van der Waals surface area (Å²) in [4.78, 5) is 22.1. The SMILES string of the molecule is COc1cc(F)ccc1NC(=O)NCC(C)CC(=O)O. The van der Waals surface area contributed by atoms with Gasteiger partial charge in [0.1, 0.15) is 11.6 Å². The molecule has 0 spiro atoms. The van der Waals surface area contributed by atoms with E-state index in [4.69, 9.17) is 9.84 Å². The van der Waals surface area contributed by atoms with Crippen molar-refractivity contribution < 1.29 is 23.8 Å². The summed E-state index contributed by atoms with van der Waals surface area (Å²) in [6, 6.07) is 3.23. The highest BCUT2D eigenvalue weighted by Crippen LogP contribution is 2.24. The maximum atomic E-state index is 13.0. The lowest BCUT2D eigenvalue weighted by Crippen LogP contribution is -2.33. The van der Waals surface area contributed by atoms with Gasteiger partial charge in [0.15, 0.2) is 0 Å². The van der Waals surface area contributed by atoms with Crippen LogP contribution in [0.25, 0.3) is 0 Å². The van der Waals surface area contributed by atoms with Crippen molar-refractivity contribution in [3.05, 3.63) is 24.0 Å². The van der Waals surface area contributed by atoms with E-state index in [1.165, 1.54) is 19.2 Å². The molecule has 0 aromatic heterocycles. The standard InChI is InChI=1S/C13H17FN2O4/c1-8(5-12(17)18)7-15-13(19)16-10-4-3-9(14)6-11(10)20-2/h3-4,6,8H,5,7H2,1-2H3,(H,17,18)(H2,15,16,19). The Balaban J connectivity index is 2.52. The van der Waals surface area contributed by atoms with Crippen LogP contribution in [0.1, 0.15) is 13.3 Å². The summed E-state index contributed by atoms with van der Waals surface area (Å²) >= 11 is 0. The molecule has 0 fully saturated rings. The number of carbonyl (C=O) groups is 2. The maximum absolute atomic E-state index is 13.0. The molecule has 1 unspecified atom stereocenters. The van der Waals surface area contributed by atoms with Crippen LogP contribution in [0.15, 0.2) is 18.2 Å². The molecular formula is C13H17FN2O4. The molecule has 7 heteroatoms.